The van der Waals surface area contributed by atoms with E-state index in [2.05, 4.69) is 11.1 Å². The van der Waals surface area contributed by atoms with Crippen LogP contribution in [0.25, 0.3) is 21.7 Å². The highest BCUT2D eigenvalue weighted by Crippen LogP contribution is 2.31. The first-order chi connectivity index (χ1) is 9.79. The van der Waals surface area contributed by atoms with Crippen LogP contribution in [-0.4, -0.2) is 23.3 Å². The van der Waals surface area contributed by atoms with Gasteiger partial charge in [-0.1, -0.05) is 24.3 Å². The summed E-state index contributed by atoms with van der Waals surface area (Å²) in [7, 11) is 0. The molecule has 3 rings (SSSR count). The van der Waals surface area contributed by atoms with Gasteiger partial charge in [0.2, 0.25) is 5.88 Å². The number of aromatic nitrogens is 1. The van der Waals surface area contributed by atoms with Crippen molar-refractivity contribution in [3.05, 3.63) is 42.5 Å². The number of nitrogens with zero attached hydrogens (tertiary/aromatic N) is 1. The first-order valence-corrected chi connectivity index (χ1v) is 6.61. The first kappa shape index (κ1) is 12.7. The number of benzene rings is 2. The molecule has 3 aromatic rings. The number of rotatable bonds is 4. The Labute approximate surface area is 116 Å². The smallest absolute Gasteiger partial charge is 0.221 e. The van der Waals surface area contributed by atoms with Gasteiger partial charge in [-0.3, -0.25) is 0 Å². The summed E-state index contributed by atoms with van der Waals surface area (Å²) in [6.07, 6.45) is 0.588. The third-order valence-electron chi connectivity index (χ3n) is 3.23. The van der Waals surface area contributed by atoms with Crippen LogP contribution in [0.1, 0.15) is 6.42 Å². The van der Waals surface area contributed by atoms with E-state index in [1.165, 1.54) is 0 Å². The van der Waals surface area contributed by atoms with Crippen molar-refractivity contribution < 1.29 is 9.84 Å². The lowest BCUT2D eigenvalue weighted by molar-refractivity contribution is 0.231. The highest BCUT2D eigenvalue weighted by atomic mass is 16.5. The van der Waals surface area contributed by atoms with E-state index in [1.807, 2.05) is 36.4 Å². The summed E-state index contributed by atoms with van der Waals surface area (Å²) in [5, 5.41) is 12.0. The van der Waals surface area contributed by atoms with Crippen molar-refractivity contribution in [3.63, 3.8) is 0 Å². The summed E-state index contributed by atoms with van der Waals surface area (Å²) >= 11 is 0. The third-order valence-corrected chi connectivity index (χ3v) is 3.23. The molecule has 0 aliphatic heterocycles. The van der Waals surface area contributed by atoms with Gasteiger partial charge in [-0.15, -0.1) is 0 Å². The summed E-state index contributed by atoms with van der Waals surface area (Å²) in [6, 6.07) is 13.7. The van der Waals surface area contributed by atoms with E-state index in [4.69, 9.17) is 15.6 Å². The van der Waals surface area contributed by atoms with Gasteiger partial charge in [0.1, 0.15) is 0 Å². The van der Waals surface area contributed by atoms with Gasteiger partial charge in [0.05, 0.1) is 12.1 Å². The molecular weight excluding hydrogens is 252 g/mol. The van der Waals surface area contributed by atoms with E-state index in [1.54, 1.807) is 0 Å². The average molecular weight is 268 g/mol. The van der Waals surface area contributed by atoms with Gasteiger partial charge >= 0.3 is 0 Å². The summed E-state index contributed by atoms with van der Waals surface area (Å²) in [5.41, 5.74) is 7.33. The van der Waals surface area contributed by atoms with Crippen molar-refractivity contribution in [2.24, 2.45) is 0 Å². The van der Waals surface area contributed by atoms with E-state index >= 15 is 0 Å². The molecule has 0 bridgehead atoms. The van der Waals surface area contributed by atoms with Crippen LogP contribution >= 0.6 is 0 Å². The third kappa shape index (κ3) is 2.26. The maximum absolute atomic E-state index is 8.85. The molecule has 1 aromatic heterocycles. The molecule has 0 fully saturated rings. The number of aliphatic hydroxyl groups excluding tert-OH is 1. The minimum atomic E-state index is 0.110. The quantitative estimate of drug-likeness (QED) is 0.433. The van der Waals surface area contributed by atoms with Crippen LogP contribution in [0.5, 0.6) is 5.88 Å². The zero-order valence-corrected chi connectivity index (χ0v) is 11.0. The van der Waals surface area contributed by atoms with Gasteiger partial charge in [0.15, 0.2) is 0 Å². The minimum Gasteiger partial charge on any atom is -0.477 e. The Hall–Kier alpha value is -2.33. The molecule has 20 heavy (non-hydrogen) atoms. The second-order valence-corrected chi connectivity index (χ2v) is 4.66. The Bertz CT molecular complexity index is 756. The van der Waals surface area contributed by atoms with Crippen LogP contribution in [0.15, 0.2) is 42.5 Å². The molecule has 1 heterocycles. The molecular formula is C16H16N2O2. The summed E-state index contributed by atoms with van der Waals surface area (Å²) in [6.45, 7) is 0.555. The summed E-state index contributed by atoms with van der Waals surface area (Å²) < 4.78 is 5.70. The molecule has 3 N–H and O–H groups in total. The second-order valence-electron chi connectivity index (χ2n) is 4.66. The normalized spacial score (nSPS) is 11.1. The summed E-state index contributed by atoms with van der Waals surface area (Å²) in [5.74, 6) is 0.590. The summed E-state index contributed by atoms with van der Waals surface area (Å²) in [4.78, 5) is 4.55. The zero-order chi connectivity index (χ0) is 13.9. The number of fused-ring (bicyclic) bond motifs is 3. The van der Waals surface area contributed by atoms with Crippen LogP contribution in [0.4, 0.5) is 5.69 Å². The standard InChI is InChI=1S/C16H16N2O2/c17-11-6-7-13-12-4-1-2-5-14(12)16(18-15(13)10-11)20-9-3-8-19/h1-2,4-7,10,19H,3,8-9,17H2. The average Bonchev–Trinajstić information content (AvgIpc) is 2.47. The van der Waals surface area contributed by atoms with Crippen molar-refractivity contribution in [2.75, 3.05) is 18.9 Å². The number of nitrogens with two attached hydrogens (primary N) is 1. The fraction of sp³-hybridized carbons (Fsp3) is 0.188. The fourth-order valence-electron chi connectivity index (χ4n) is 2.29. The van der Waals surface area contributed by atoms with Gasteiger partial charge in [-0.05, 0) is 23.6 Å². The lowest BCUT2D eigenvalue weighted by Gasteiger charge is -2.11. The molecule has 0 aliphatic carbocycles. The molecule has 0 saturated heterocycles. The number of pyridine rings is 1. The lowest BCUT2D eigenvalue weighted by Crippen LogP contribution is -2.02. The maximum Gasteiger partial charge on any atom is 0.221 e. The van der Waals surface area contributed by atoms with Crippen molar-refractivity contribution in [1.29, 1.82) is 0 Å². The van der Waals surface area contributed by atoms with Gasteiger partial charge in [0.25, 0.3) is 0 Å². The molecule has 0 unspecified atom stereocenters. The van der Waals surface area contributed by atoms with Crippen molar-refractivity contribution in [1.82, 2.24) is 4.98 Å². The van der Waals surface area contributed by atoms with E-state index in [-0.39, 0.29) is 6.61 Å². The molecule has 0 spiro atoms. The topological polar surface area (TPSA) is 68.4 Å². The van der Waals surface area contributed by atoms with Gasteiger partial charge < -0.3 is 15.6 Å². The molecule has 0 amide bonds. The highest BCUT2D eigenvalue weighted by Gasteiger charge is 2.09. The van der Waals surface area contributed by atoms with Crippen molar-refractivity contribution in [2.45, 2.75) is 6.42 Å². The Morgan fingerprint density at radius 1 is 1.05 bits per heavy atom. The number of hydrogen-bond donors (Lipinski definition) is 2. The molecule has 102 valence electrons. The van der Waals surface area contributed by atoms with Crippen LogP contribution < -0.4 is 10.5 Å². The van der Waals surface area contributed by atoms with E-state index < -0.39 is 0 Å². The fourth-order valence-corrected chi connectivity index (χ4v) is 2.29. The van der Waals surface area contributed by atoms with E-state index in [0.717, 1.165) is 21.7 Å². The number of nitrogen functional groups attached to an aromatic ring is 1. The molecule has 2 aromatic carbocycles. The number of anilines is 1. The van der Waals surface area contributed by atoms with Crippen LogP contribution in [-0.2, 0) is 0 Å². The van der Waals surface area contributed by atoms with Crippen LogP contribution in [0.3, 0.4) is 0 Å². The first-order valence-electron chi connectivity index (χ1n) is 6.61. The molecule has 4 nitrogen and oxygen atoms in total. The zero-order valence-electron chi connectivity index (χ0n) is 11.0. The molecule has 0 saturated carbocycles. The SMILES string of the molecule is Nc1ccc2c(c1)nc(OCCCO)c1ccccc12. The number of hydrogen-bond acceptors (Lipinski definition) is 4. The van der Waals surface area contributed by atoms with Crippen LogP contribution in [0, 0.1) is 0 Å². The van der Waals surface area contributed by atoms with Crippen molar-refractivity contribution in [3.8, 4) is 5.88 Å². The lowest BCUT2D eigenvalue weighted by atomic mass is 10.1. The highest BCUT2D eigenvalue weighted by molar-refractivity contribution is 6.08. The minimum absolute atomic E-state index is 0.110. The van der Waals surface area contributed by atoms with E-state index in [0.29, 0.717) is 24.6 Å². The predicted molar refractivity (Wildman–Crippen MR) is 80.9 cm³/mol. The molecule has 0 aliphatic rings. The predicted octanol–water partition coefficient (Wildman–Crippen LogP) is 2.73. The van der Waals surface area contributed by atoms with Gasteiger partial charge in [-0.25, -0.2) is 4.98 Å². The second kappa shape index (κ2) is 5.35. The van der Waals surface area contributed by atoms with Crippen molar-refractivity contribution >= 4 is 27.4 Å². The number of ether oxygens (including phenoxy) is 1. The molecule has 0 atom stereocenters. The Morgan fingerprint density at radius 2 is 1.85 bits per heavy atom. The van der Waals surface area contributed by atoms with Crippen LogP contribution in [0.2, 0.25) is 0 Å². The number of aliphatic hydroxyl groups is 1. The largest absolute Gasteiger partial charge is 0.477 e. The monoisotopic (exact) mass is 268 g/mol. The molecule has 0 radical (unpaired) electrons. The Kier molecular flexibility index (Phi) is 3.39. The Balaban J connectivity index is 2.20. The maximum atomic E-state index is 8.85. The Morgan fingerprint density at radius 3 is 2.65 bits per heavy atom. The van der Waals surface area contributed by atoms with Gasteiger partial charge in [-0.2, -0.15) is 0 Å². The van der Waals surface area contributed by atoms with Gasteiger partial charge in [0, 0.05) is 29.5 Å². The molecule has 4 heteroatoms. The van der Waals surface area contributed by atoms with E-state index in [9.17, 15) is 0 Å².